The molecule has 1 aliphatic heterocycles. The van der Waals surface area contributed by atoms with Crippen molar-refractivity contribution in [1.29, 1.82) is 0 Å². The number of nitrogens with zero attached hydrogens (tertiary/aromatic N) is 1. The fourth-order valence-electron chi connectivity index (χ4n) is 7.25. The van der Waals surface area contributed by atoms with Crippen LogP contribution in [0.3, 0.4) is 0 Å². The molecule has 1 saturated heterocycles. The fraction of sp³-hybridized carbons (Fsp3) is 0.617. The number of hydrogen-bond donors (Lipinski definition) is 5. The average Bonchev–Trinajstić information content (AvgIpc) is 3.18. The van der Waals surface area contributed by atoms with Gasteiger partial charge in [0.25, 0.3) is 0 Å². The Balaban J connectivity index is 1.85. The molecular weight excluding hydrogens is 824 g/mol. The number of likely N-dealkylation sites (tertiary alicyclic amines) is 1. The van der Waals surface area contributed by atoms with E-state index in [1.165, 1.54) is 0 Å². The Bertz CT molecular complexity index is 1850. The third-order valence-corrected chi connectivity index (χ3v) is 12.7. The first-order chi connectivity index (χ1) is 29.4. The zero-order chi connectivity index (χ0) is 47.0. The monoisotopic (exact) mass is 897 g/mol. The van der Waals surface area contributed by atoms with E-state index in [0.717, 1.165) is 11.1 Å². The van der Waals surface area contributed by atoms with Gasteiger partial charge in [-0.1, -0.05) is 74.5 Å². The van der Waals surface area contributed by atoms with E-state index in [0.29, 0.717) is 45.3 Å². The molecule has 5 N–H and O–H groups in total. The maximum Gasteiger partial charge on any atom is 0.408 e. The van der Waals surface area contributed by atoms with Gasteiger partial charge in [-0.05, 0) is 110 Å². The molecule has 63 heavy (non-hydrogen) atoms. The Morgan fingerprint density at radius 2 is 1.10 bits per heavy atom. The Morgan fingerprint density at radius 3 is 1.57 bits per heavy atom. The Hall–Kier alpha value is -4.91. The molecule has 0 aliphatic carbocycles. The van der Waals surface area contributed by atoms with Gasteiger partial charge in [-0.2, -0.15) is 0 Å². The molecule has 0 radical (unpaired) electrons. The van der Waals surface area contributed by atoms with Crippen LogP contribution in [0, 0.1) is 5.92 Å². The number of amides is 6. The summed E-state index contributed by atoms with van der Waals surface area (Å²) in [6, 6.07) is 14.0. The highest BCUT2D eigenvalue weighted by Gasteiger charge is 2.36. The number of nitrogens with one attached hydrogen (secondary N) is 5. The van der Waals surface area contributed by atoms with Crippen molar-refractivity contribution >= 4 is 43.0 Å². The molecule has 1 aliphatic rings. The molecule has 0 spiro atoms. The SMILES string of the molecule is CC(C)C[C@@H](NC(=O)[C@@H](Cc1ccccc1)NC(=O)[C@@H](Cc1ccccc1)NC(=O)OC(C)(C)C)C(=O)N[C@H](CCCCNC(=O)OC(C)(C)C)C(=O)N1CCC(P(C)(C)=O)CC1. The lowest BCUT2D eigenvalue weighted by Crippen LogP contribution is -2.59. The van der Waals surface area contributed by atoms with Gasteiger partial charge in [-0.25, -0.2) is 9.59 Å². The van der Waals surface area contributed by atoms with E-state index < -0.39 is 72.4 Å². The summed E-state index contributed by atoms with van der Waals surface area (Å²) in [4.78, 5) is 83.8. The molecule has 2 aromatic carbocycles. The van der Waals surface area contributed by atoms with Gasteiger partial charge in [0, 0.05) is 38.1 Å². The number of alkyl carbamates (subject to hydrolysis) is 2. The molecule has 3 rings (SSSR count). The number of carbonyl (C=O) groups is 6. The van der Waals surface area contributed by atoms with Crippen LogP contribution in [0.1, 0.15) is 105 Å². The molecule has 16 heteroatoms. The van der Waals surface area contributed by atoms with Gasteiger partial charge >= 0.3 is 12.2 Å². The van der Waals surface area contributed by atoms with Crippen molar-refractivity contribution in [3.63, 3.8) is 0 Å². The predicted molar refractivity (Wildman–Crippen MR) is 246 cm³/mol. The maximum absolute atomic E-state index is 14.4. The van der Waals surface area contributed by atoms with Crippen LogP contribution in [-0.4, -0.2) is 115 Å². The van der Waals surface area contributed by atoms with Crippen molar-refractivity contribution in [2.75, 3.05) is 33.0 Å². The lowest BCUT2D eigenvalue weighted by atomic mass is 9.99. The van der Waals surface area contributed by atoms with Crippen LogP contribution in [0.2, 0.25) is 0 Å². The number of rotatable bonds is 20. The molecule has 0 unspecified atom stereocenters. The van der Waals surface area contributed by atoms with Crippen molar-refractivity contribution < 1.29 is 42.8 Å². The second kappa shape index (κ2) is 24.2. The molecule has 1 fully saturated rings. The Morgan fingerprint density at radius 1 is 0.651 bits per heavy atom. The minimum absolute atomic E-state index is 0.0187. The Kier molecular flexibility index (Phi) is 20.2. The largest absolute Gasteiger partial charge is 0.444 e. The van der Waals surface area contributed by atoms with Crippen LogP contribution in [0.4, 0.5) is 9.59 Å². The minimum atomic E-state index is -2.35. The first-order valence-electron chi connectivity index (χ1n) is 22.2. The van der Waals surface area contributed by atoms with Gasteiger partial charge in [0.1, 0.15) is 35.4 Å². The topological polar surface area (TPSA) is 201 Å². The summed E-state index contributed by atoms with van der Waals surface area (Å²) in [6.07, 6.45) is 1.54. The van der Waals surface area contributed by atoms with Crippen molar-refractivity contribution in [2.45, 2.75) is 148 Å². The molecule has 0 bridgehead atoms. The van der Waals surface area contributed by atoms with E-state index in [1.807, 2.05) is 74.5 Å². The number of carbonyl (C=O) groups excluding carboxylic acids is 6. The normalized spacial score (nSPS) is 15.6. The number of hydrogen-bond acceptors (Lipinski definition) is 9. The van der Waals surface area contributed by atoms with Crippen molar-refractivity contribution in [2.24, 2.45) is 5.92 Å². The molecule has 4 atom stereocenters. The van der Waals surface area contributed by atoms with Crippen molar-refractivity contribution in [1.82, 2.24) is 31.5 Å². The van der Waals surface area contributed by atoms with Gasteiger partial charge in [0.15, 0.2) is 0 Å². The highest BCUT2D eigenvalue weighted by Crippen LogP contribution is 2.47. The quantitative estimate of drug-likeness (QED) is 0.0761. The number of piperidine rings is 1. The Labute approximate surface area is 374 Å². The van der Waals surface area contributed by atoms with E-state index in [1.54, 1.807) is 59.8 Å². The summed E-state index contributed by atoms with van der Waals surface area (Å²) in [5.41, 5.74) is 0.0666. The second-order valence-corrected chi connectivity index (χ2v) is 22.9. The van der Waals surface area contributed by atoms with Crippen molar-refractivity contribution in [3.8, 4) is 0 Å². The van der Waals surface area contributed by atoms with Gasteiger partial charge < -0.3 is 45.5 Å². The molecule has 1 heterocycles. The standard InChI is InChI=1S/C47H73N6O9P/c1-32(2)29-37(40(54)49-36(23-17-18-26-48-44(58)61-46(3,4)5)43(57)53-27-24-35(25-28-53)63(9,10)60)50-41(55)38(30-33-19-13-11-14-20-33)51-42(56)39(31-34-21-15-12-16-22-34)52-45(59)62-47(6,7)8/h11-16,19-22,32,35-39H,17-18,23-31H2,1-10H3,(H,48,58)(H,49,54)(H,50,55)(H,51,56)(H,52,59)/t36-,37-,38-,39-/m1/s1. The smallest absolute Gasteiger partial charge is 0.408 e. The summed E-state index contributed by atoms with van der Waals surface area (Å²) < 4.78 is 23.6. The number of ether oxygens (including phenoxy) is 2. The molecule has 350 valence electrons. The van der Waals surface area contributed by atoms with Gasteiger partial charge in [0.2, 0.25) is 23.6 Å². The van der Waals surface area contributed by atoms with E-state index in [2.05, 4.69) is 26.6 Å². The van der Waals surface area contributed by atoms with E-state index in [4.69, 9.17) is 9.47 Å². The first-order valence-corrected chi connectivity index (χ1v) is 24.9. The van der Waals surface area contributed by atoms with Crippen LogP contribution < -0.4 is 26.6 Å². The summed E-state index contributed by atoms with van der Waals surface area (Å²) in [6.45, 7) is 19.0. The van der Waals surface area contributed by atoms with Crippen molar-refractivity contribution in [3.05, 3.63) is 71.8 Å². The van der Waals surface area contributed by atoms with E-state index in [9.17, 15) is 33.3 Å². The average molecular weight is 897 g/mol. The van der Waals surface area contributed by atoms with Gasteiger partial charge in [-0.15, -0.1) is 0 Å². The molecule has 0 aromatic heterocycles. The molecule has 15 nitrogen and oxygen atoms in total. The van der Waals surface area contributed by atoms with Crippen LogP contribution >= 0.6 is 7.14 Å². The summed E-state index contributed by atoms with van der Waals surface area (Å²) in [5, 5.41) is 14.1. The lowest BCUT2D eigenvalue weighted by Gasteiger charge is -2.36. The third kappa shape index (κ3) is 20.0. The first kappa shape index (κ1) is 52.4. The van der Waals surface area contributed by atoms with Crippen LogP contribution in [-0.2, 0) is 46.1 Å². The van der Waals surface area contributed by atoms with E-state index >= 15 is 0 Å². The van der Waals surface area contributed by atoms with Gasteiger partial charge in [-0.3, -0.25) is 19.2 Å². The molecular formula is C47H73N6O9P. The lowest BCUT2D eigenvalue weighted by molar-refractivity contribution is -0.138. The fourth-order valence-corrected chi connectivity index (χ4v) is 8.73. The molecule has 2 aromatic rings. The molecule has 0 saturated carbocycles. The zero-order valence-corrected chi connectivity index (χ0v) is 40.0. The maximum atomic E-state index is 14.4. The molecule has 6 amide bonds. The van der Waals surface area contributed by atoms with Crippen LogP contribution in [0.15, 0.2) is 60.7 Å². The van der Waals surface area contributed by atoms with Crippen LogP contribution in [0.25, 0.3) is 0 Å². The van der Waals surface area contributed by atoms with Gasteiger partial charge in [0.05, 0.1) is 7.14 Å². The predicted octanol–water partition coefficient (Wildman–Crippen LogP) is 6.17. The number of unbranched alkanes of at least 4 members (excludes halogenated alkanes) is 1. The van der Waals surface area contributed by atoms with E-state index in [-0.39, 0.29) is 43.2 Å². The minimum Gasteiger partial charge on any atom is -0.444 e. The second-order valence-electron chi connectivity index (χ2n) is 19.3. The third-order valence-electron chi connectivity index (χ3n) is 10.4. The zero-order valence-electron chi connectivity index (χ0n) is 39.1. The summed E-state index contributed by atoms with van der Waals surface area (Å²) in [7, 11) is -2.35. The summed E-state index contributed by atoms with van der Waals surface area (Å²) >= 11 is 0. The highest BCUT2D eigenvalue weighted by molar-refractivity contribution is 7.63. The summed E-state index contributed by atoms with van der Waals surface area (Å²) in [5.74, 6) is -2.12. The number of benzene rings is 2. The van der Waals surface area contributed by atoms with Crippen LogP contribution in [0.5, 0.6) is 0 Å². The highest BCUT2D eigenvalue weighted by atomic mass is 31.2.